The maximum absolute atomic E-state index is 11.1. The van der Waals surface area contributed by atoms with Crippen molar-refractivity contribution in [2.45, 2.75) is 18.9 Å². The number of hydrogen-bond acceptors (Lipinski definition) is 3. The van der Waals surface area contributed by atoms with Gasteiger partial charge >= 0.3 is 5.97 Å². The molecule has 3 aromatic rings. The predicted octanol–water partition coefficient (Wildman–Crippen LogP) is 4.19. The number of pyridine rings is 1. The highest BCUT2D eigenvalue weighted by atomic mass is 16.4. The molecule has 4 heteroatoms. The van der Waals surface area contributed by atoms with Gasteiger partial charge in [-0.15, -0.1) is 0 Å². The second-order valence-electron chi connectivity index (χ2n) is 6.61. The van der Waals surface area contributed by atoms with E-state index in [0.717, 1.165) is 12.1 Å². The molecule has 4 nitrogen and oxygen atoms in total. The van der Waals surface area contributed by atoms with E-state index in [1.165, 1.54) is 11.1 Å². The molecular formula is C23H24N2O2. The molecular weight excluding hydrogens is 336 g/mol. The van der Waals surface area contributed by atoms with Crippen LogP contribution in [0.2, 0.25) is 0 Å². The molecule has 2 aromatic carbocycles. The van der Waals surface area contributed by atoms with Gasteiger partial charge in [-0.2, -0.15) is 0 Å². The third-order valence-corrected chi connectivity index (χ3v) is 4.64. The van der Waals surface area contributed by atoms with Crippen molar-refractivity contribution in [3.8, 4) is 0 Å². The van der Waals surface area contributed by atoms with Gasteiger partial charge in [-0.05, 0) is 28.8 Å². The molecule has 1 N–H and O–H groups in total. The van der Waals surface area contributed by atoms with Crippen molar-refractivity contribution in [1.29, 1.82) is 0 Å². The first-order valence-electron chi connectivity index (χ1n) is 9.15. The molecule has 0 saturated heterocycles. The maximum atomic E-state index is 11.1. The first-order valence-corrected chi connectivity index (χ1v) is 9.15. The van der Waals surface area contributed by atoms with Gasteiger partial charge in [-0.3, -0.25) is 14.7 Å². The number of carboxylic acid groups (broad SMARTS) is 1. The van der Waals surface area contributed by atoms with Gasteiger partial charge in [0, 0.05) is 37.9 Å². The van der Waals surface area contributed by atoms with E-state index in [-0.39, 0.29) is 12.3 Å². The molecule has 27 heavy (non-hydrogen) atoms. The first-order chi connectivity index (χ1) is 13.2. The minimum absolute atomic E-state index is 0.126. The summed E-state index contributed by atoms with van der Waals surface area (Å²) in [6.07, 6.45) is 3.68. The summed E-state index contributed by atoms with van der Waals surface area (Å²) in [5, 5.41) is 9.16. The summed E-state index contributed by atoms with van der Waals surface area (Å²) in [6, 6.07) is 24.8. The van der Waals surface area contributed by atoms with E-state index < -0.39 is 5.97 Å². The Kier molecular flexibility index (Phi) is 6.72. The molecule has 0 unspecified atom stereocenters. The SMILES string of the molecule is O=C(O)CCN(Cc1ccncc1)CC(c1ccccc1)c1ccccc1. The average molecular weight is 360 g/mol. The van der Waals surface area contributed by atoms with Gasteiger partial charge < -0.3 is 5.11 Å². The molecule has 3 rings (SSSR count). The summed E-state index contributed by atoms with van der Waals surface area (Å²) in [6.45, 7) is 1.96. The van der Waals surface area contributed by atoms with Gasteiger partial charge in [0.1, 0.15) is 0 Å². The Morgan fingerprint density at radius 1 is 0.889 bits per heavy atom. The van der Waals surface area contributed by atoms with E-state index in [2.05, 4.69) is 58.4 Å². The highest BCUT2D eigenvalue weighted by molar-refractivity contribution is 5.66. The zero-order valence-corrected chi connectivity index (χ0v) is 15.2. The topological polar surface area (TPSA) is 53.4 Å². The first kappa shape index (κ1) is 18.8. The van der Waals surface area contributed by atoms with Crippen LogP contribution in [0.25, 0.3) is 0 Å². The summed E-state index contributed by atoms with van der Waals surface area (Å²) in [5.74, 6) is -0.589. The number of carbonyl (C=O) groups is 1. The van der Waals surface area contributed by atoms with E-state index in [1.807, 2.05) is 24.3 Å². The summed E-state index contributed by atoms with van der Waals surface area (Å²) in [4.78, 5) is 17.4. The molecule has 0 aliphatic heterocycles. The monoisotopic (exact) mass is 360 g/mol. The van der Waals surface area contributed by atoms with Crippen LogP contribution in [-0.4, -0.2) is 34.0 Å². The number of benzene rings is 2. The smallest absolute Gasteiger partial charge is 0.304 e. The highest BCUT2D eigenvalue weighted by Gasteiger charge is 2.19. The molecule has 0 fully saturated rings. The molecule has 1 heterocycles. The Balaban J connectivity index is 1.85. The van der Waals surface area contributed by atoms with Crippen molar-refractivity contribution in [1.82, 2.24) is 9.88 Å². The van der Waals surface area contributed by atoms with Crippen LogP contribution in [0.4, 0.5) is 0 Å². The predicted molar refractivity (Wildman–Crippen MR) is 106 cm³/mol. The normalized spacial score (nSPS) is 11.0. The summed E-state index contributed by atoms with van der Waals surface area (Å²) >= 11 is 0. The lowest BCUT2D eigenvalue weighted by molar-refractivity contribution is -0.137. The third-order valence-electron chi connectivity index (χ3n) is 4.64. The number of carboxylic acids is 1. The van der Waals surface area contributed by atoms with E-state index in [0.29, 0.717) is 13.1 Å². The van der Waals surface area contributed by atoms with Crippen molar-refractivity contribution < 1.29 is 9.90 Å². The van der Waals surface area contributed by atoms with Crippen molar-refractivity contribution in [2.75, 3.05) is 13.1 Å². The van der Waals surface area contributed by atoms with Crippen LogP contribution < -0.4 is 0 Å². The molecule has 0 radical (unpaired) electrons. The minimum atomic E-state index is -0.772. The van der Waals surface area contributed by atoms with Crippen molar-refractivity contribution in [3.05, 3.63) is 102 Å². The highest BCUT2D eigenvalue weighted by Crippen LogP contribution is 2.26. The zero-order chi connectivity index (χ0) is 18.9. The Labute approximate surface area is 160 Å². The lowest BCUT2D eigenvalue weighted by Gasteiger charge is -2.28. The summed E-state index contributed by atoms with van der Waals surface area (Å²) < 4.78 is 0. The number of hydrogen-bond donors (Lipinski definition) is 1. The lowest BCUT2D eigenvalue weighted by Crippen LogP contribution is -2.31. The van der Waals surface area contributed by atoms with Crippen LogP contribution in [0.1, 0.15) is 29.0 Å². The second kappa shape index (κ2) is 9.64. The minimum Gasteiger partial charge on any atom is -0.481 e. The molecule has 0 aliphatic carbocycles. The second-order valence-corrected chi connectivity index (χ2v) is 6.61. The van der Waals surface area contributed by atoms with Crippen LogP contribution in [0, 0.1) is 0 Å². The number of aliphatic carboxylic acids is 1. The Morgan fingerprint density at radius 2 is 1.44 bits per heavy atom. The van der Waals surface area contributed by atoms with Gasteiger partial charge in [-0.1, -0.05) is 60.7 Å². The van der Waals surface area contributed by atoms with Crippen LogP contribution >= 0.6 is 0 Å². The van der Waals surface area contributed by atoms with Crippen molar-refractivity contribution in [3.63, 3.8) is 0 Å². The third kappa shape index (κ3) is 5.76. The number of rotatable bonds is 9. The Morgan fingerprint density at radius 3 is 1.96 bits per heavy atom. The fraction of sp³-hybridized carbons (Fsp3) is 0.217. The summed E-state index contributed by atoms with van der Waals surface area (Å²) in [7, 11) is 0. The average Bonchev–Trinajstić information content (AvgIpc) is 2.72. The molecule has 0 bridgehead atoms. The Hall–Kier alpha value is -2.98. The largest absolute Gasteiger partial charge is 0.481 e. The van der Waals surface area contributed by atoms with Gasteiger partial charge in [0.15, 0.2) is 0 Å². The maximum Gasteiger partial charge on any atom is 0.304 e. The molecule has 0 amide bonds. The molecule has 0 atom stereocenters. The van der Waals surface area contributed by atoms with Crippen LogP contribution in [0.5, 0.6) is 0 Å². The van der Waals surface area contributed by atoms with E-state index >= 15 is 0 Å². The zero-order valence-electron chi connectivity index (χ0n) is 15.2. The van der Waals surface area contributed by atoms with Crippen LogP contribution in [-0.2, 0) is 11.3 Å². The van der Waals surface area contributed by atoms with Crippen molar-refractivity contribution >= 4 is 5.97 Å². The van der Waals surface area contributed by atoms with Crippen LogP contribution in [0.15, 0.2) is 85.2 Å². The fourth-order valence-electron chi connectivity index (χ4n) is 3.27. The van der Waals surface area contributed by atoms with Crippen LogP contribution in [0.3, 0.4) is 0 Å². The molecule has 138 valence electrons. The van der Waals surface area contributed by atoms with Gasteiger partial charge in [0.05, 0.1) is 6.42 Å². The lowest BCUT2D eigenvalue weighted by atomic mass is 9.90. The molecule has 0 aliphatic rings. The van der Waals surface area contributed by atoms with E-state index in [1.54, 1.807) is 12.4 Å². The van der Waals surface area contributed by atoms with Gasteiger partial charge in [0.25, 0.3) is 0 Å². The van der Waals surface area contributed by atoms with Gasteiger partial charge in [-0.25, -0.2) is 0 Å². The fourth-order valence-corrected chi connectivity index (χ4v) is 3.27. The number of aromatic nitrogens is 1. The molecule has 1 aromatic heterocycles. The van der Waals surface area contributed by atoms with E-state index in [4.69, 9.17) is 5.11 Å². The quantitative estimate of drug-likeness (QED) is 0.622. The van der Waals surface area contributed by atoms with Crippen molar-refractivity contribution in [2.24, 2.45) is 0 Å². The molecule has 0 spiro atoms. The standard InChI is InChI=1S/C23H24N2O2/c26-23(27)13-16-25(17-19-11-14-24-15-12-19)18-22(20-7-3-1-4-8-20)21-9-5-2-6-10-21/h1-12,14-15,22H,13,16-18H2,(H,26,27). The van der Waals surface area contributed by atoms with Gasteiger partial charge in [0.2, 0.25) is 0 Å². The summed E-state index contributed by atoms with van der Waals surface area (Å²) in [5.41, 5.74) is 3.60. The number of nitrogens with zero attached hydrogens (tertiary/aromatic N) is 2. The Bertz CT molecular complexity index is 783. The van der Waals surface area contributed by atoms with E-state index in [9.17, 15) is 4.79 Å². The molecule has 0 saturated carbocycles.